The molecule has 17 heavy (non-hydrogen) atoms. The lowest BCUT2D eigenvalue weighted by Gasteiger charge is -2.04. The zero-order valence-electron chi connectivity index (χ0n) is 9.86. The molecule has 0 unspecified atom stereocenters. The number of aliphatic imine (C=N–C) groups is 1. The quantitative estimate of drug-likeness (QED) is 0.841. The molecule has 2 heterocycles. The molecule has 3 nitrogen and oxygen atoms in total. The number of nitrogens with zero attached hydrogens (tertiary/aromatic N) is 1. The molecule has 2 rings (SSSR count). The van der Waals surface area contributed by atoms with Crippen molar-refractivity contribution in [2.45, 2.75) is 6.92 Å². The molecule has 1 N–H and O–H groups in total. The predicted molar refractivity (Wildman–Crippen MR) is 71.6 cm³/mol. The third-order valence-corrected chi connectivity index (χ3v) is 3.39. The highest BCUT2D eigenvalue weighted by molar-refractivity contribution is 7.12. The molecular formula is C13H14N2OS. The lowest BCUT2D eigenvalue weighted by molar-refractivity contribution is 0.558. The molecular weight excluding hydrogens is 232 g/mol. The molecule has 0 radical (unpaired) electrons. The van der Waals surface area contributed by atoms with Crippen LogP contribution in [0.2, 0.25) is 0 Å². The second kappa shape index (κ2) is 5.01. The van der Waals surface area contributed by atoms with Gasteiger partial charge in [-0.25, -0.2) is 4.99 Å². The van der Waals surface area contributed by atoms with Gasteiger partial charge in [0.05, 0.1) is 11.1 Å². The van der Waals surface area contributed by atoms with E-state index in [-0.39, 0.29) is 0 Å². The van der Waals surface area contributed by atoms with E-state index in [0.717, 1.165) is 16.3 Å². The second-order valence-electron chi connectivity index (χ2n) is 3.57. The Morgan fingerprint density at radius 1 is 1.47 bits per heavy atom. The average molecular weight is 246 g/mol. The Balaban J connectivity index is 2.49. The Labute approximate surface area is 105 Å². The van der Waals surface area contributed by atoms with Gasteiger partial charge in [-0.3, -0.25) is 0 Å². The van der Waals surface area contributed by atoms with E-state index in [9.17, 15) is 0 Å². The Bertz CT molecular complexity index is 538. The van der Waals surface area contributed by atoms with Crippen molar-refractivity contribution in [3.05, 3.63) is 58.4 Å². The molecule has 0 aliphatic rings. The van der Waals surface area contributed by atoms with Gasteiger partial charge in [-0.2, -0.15) is 0 Å². The molecule has 2 aromatic rings. The zero-order chi connectivity index (χ0) is 12.3. The van der Waals surface area contributed by atoms with Gasteiger partial charge >= 0.3 is 0 Å². The first-order valence-electron chi connectivity index (χ1n) is 5.26. The van der Waals surface area contributed by atoms with Crippen molar-refractivity contribution < 1.29 is 4.42 Å². The number of rotatable bonds is 4. The highest BCUT2D eigenvalue weighted by Crippen LogP contribution is 2.21. The Kier molecular flexibility index (Phi) is 3.44. The van der Waals surface area contributed by atoms with Gasteiger partial charge in [0.25, 0.3) is 0 Å². The summed E-state index contributed by atoms with van der Waals surface area (Å²) in [6, 6.07) is 5.83. The van der Waals surface area contributed by atoms with E-state index in [4.69, 9.17) is 4.42 Å². The van der Waals surface area contributed by atoms with Crippen LogP contribution in [0.3, 0.4) is 0 Å². The van der Waals surface area contributed by atoms with Crippen molar-refractivity contribution in [1.29, 1.82) is 0 Å². The zero-order valence-corrected chi connectivity index (χ0v) is 10.7. The van der Waals surface area contributed by atoms with E-state index in [1.165, 1.54) is 5.56 Å². The van der Waals surface area contributed by atoms with Crippen LogP contribution in [0.5, 0.6) is 0 Å². The van der Waals surface area contributed by atoms with Crippen LogP contribution in [-0.2, 0) is 0 Å². The Hall–Kier alpha value is -1.81. The first kappa shape index (κ1) is 11.7. The summed E-state index contributed by atoms with van der Waals surface area (Å²) >= 11 is 1.65. The van der Waals surface area contributed by atoms with E-state index in [0.29, 0.717) is 5.82 Å². The van der Waals surface area contributed by atoms with Gasteiger partial charge in [-0.1, -0.05) is 6.58 Å². The molecule has 0 atom stereocenters. The van der Waals surface area contributed by atoms with Gasteiger partial charge in [-0.05, 0) is 36.1 Å². The molecule has 0 aliphatic heterocycles. The Morgan fingerprint density at radius 2 is 2.29 bits per heavy atom. The summed E-state index contributed by atoms with van der Waals surface area (Å²) in [5.74, 6) is 1.37. The van der Waals surface area contributed by atoms with Crippen LogP contribution in [0.4, 0.5) is 0 Å². The van der Waals surface area contributed by atoms with Crippen molar-refractivity contribution in [2.75, 3.05) is 7.05 Å². The van der Waals surface area contributed by atoms with Gasteiger partial charge in [0.2, 0.25) is 0 Å². The number of hydrogen-bond donors (Lipinski definition) is 1. The van der Waals surface area contributed by atoms with Gasteiger partial charge in [-0.15, -0.1) is 11.3 Å². The molecule has 0 amide bonds. The number of hydrogen-bond acceptors (Lipinski definition) is 4. The summed E-state index contributed by atoms with van der Waals surface area (Å²) < 4.78 is 5.43. The maximum atomic E-state index is 5.43. The number of nitrogens with one attached hydrogen (secondary N) is 1. The molecule has 2 aromatic heterocycles. The third-order valence-electron chi connectivity index (χ3n) is 2.37. The van der Waals surface area contributed by atoms with Crippen molar-refractivity contribution in [3.63, 3.8) is 0 Å². The van der Waals surface area contributed by atoms with Crippen LogP contribution < -0.4 is 5.32 Å². The smallest absolute Gasteiger partial charge is 0.153 e. The van der Waals surface area contributed by atoms with Crippen LogP contribution in [0.15, 0.2) is 51.7 Å². The van der Waals surface area contributed by atoms with Crippen LogP contribution in [0.1, 0.15) is 16.2 Å². The first-order valence-corrected chi connectivity index (χ1v) is 6.14. The Morgan fingerprint density at radius 3 is 2.82 bits per heavy atom. The lowest BCUT2D eigenvalue weighted by Crippen LogP contribution is -2.08. The maximum absolute atomic E-state index is 5.43. The van der Waals surface area contributed by atoms with Gasteiger partial charge in [0, 0.05) is 7.05 Å². The minimum atomic E-state index is 0.615. The van der Waals surface area contributed by atoms with Crippen LogP contribution >= 0.6 is 11.3 Å². The van der Waals surface area contributed by atoms with Crippen LogP contribution in [-0.4, -0.2) is 12.8 Å². The second-order valence-corrected chi connectivity index (χ2v) is 4.48. The van der Waals surface area contributed by atoms with Gasteiger partial charge in [0.1, 0.15) is 11.5 Å². The lowest BCUT2D eigenvalue weighted by atomic mass is 10.2. The summed E-state index contributed by atoms with van der Waals surface area (Å²) in [4.78, 5) is 5.58. The molecule has 0 aromatic carbocycles. The van der Waals surface area contributed by atoms with E-state index in [2.05, 4.69) is 29.9 Å². The number of thiophene rings is 1. The summed E-state index contributed by atoms with van der Waals surface area (Å²) in [6.07, 6.45) is 1.65. The van der Waals surface area contributed by atoms with Crippen molar-refractivity contribution >= 4 is 17.0 Å². The summed E-state index contributed by atoms with van der Waals surface area (Å²) in [7, 11) is 1.80. The largest absolute Gasteiger partial charge is 0.463 e. The van der Waals surface area contributed by atoms with E-state index in [1.54, 1.807) is 24.6 Å². The monoisotopic (exact) mass is 246 g/mol. The minimum absolute atomic E-state index is 0.615. The highest BCUT2D eigenvalue weighted by Gasteiger charge is 2.14. The average Bonchev–Trinajstić information content (AvgIpc) is 2.97. The minimum Gasteiger partial charge on any atom is -0.463 e. The molecule has 0 aliphatic carbocycles. The molecule has 0 spiro atoms. The van der Waals surface area contributed by atoms with Gasteiger partial charge in [0.15, 0.2) is 5.76 Å². The van der Waals surface area contributed by atoms with Crippen LogP contribution in [0, 0.1) is 6.92 Å². The maximum Gasteiger partial charge on any atom is 0.153 e. The number of furan rings is 1. The van der Waals surface area contributed by atoms with E-state index in [1.807, 2.05) is 17.5 Å². The molecule has 4 heteroatoms. The van der Waals surface area contributed by atoms with Crippen LogP contribution in [0.25, 0.3) is 0 Å². The molecule has 0 saturated carbocycles. The van der Waals surface area contributed by atoms with Crippen molar-refractivity contribution in [1.82, 2.24) is 5.32 Å². The predicted octanol–water partition coefficient (Wildman–Crippen LogP) is 3.18. The van der Waals surface area contributed by atoms with Crippen molar-refractivity contribution in [3.8, 4) is 0 Å². The fourth-order valence-electron chi connectivity index (χ4n) is 1.44. The van der Waals surface area contributed by atoms with Gasteiger partial charge < -0.3 is 9.73 Å². The highest BCUT2D eigenvalue weighted by atomic mass is 32.1. The topological polar surface area (TPSA) is 37.5 Å². The molecule has 0 fully saturated rings. The van der Waals surface area contributed by atoms with E-state index < -0.39 is 0 Å². The van der Waals surface area contributed by atoms with Crippen molar-refractivity contribution in [2.24, 2.45) is 4.99 Å². The first-order chi connectivity index (χ1) is 8.22. The summed E-state index contributed by atoms with van der Waals surface area (Å²) in [6.45, 7) is 5.89. The number of aryl methyl sites for hydroxylation is 1. The molecule has 0 bridgehead atoms. The SMILES string of the molecule is C=C(/N=C(/c1ccco1)c1sccc1C)NC. The molecule has 88 valence electrons. The standard InChI is InChI=1S/C13H14N2OS/c1-9-6-8-17-13(9)12(15-10(2)14-3)11-5-4-7-16-11/h4-8,14H,2H2,1,3H3/b15-12-. The fraction of sp³-hybridized carbons (Fsp3) is 0.154. The summed E-state index contributed by atoms with van der Waals surface area (Å²) in [5, 5.41) is 4.97. The molecule has 0 saturated heterocycles. The normalized spacial score (nSPS) is 11.5. The third kappa shape index (κ3) is 2.47. The van der Waals surface area contributed by atoms with E-state index >= 15 is 0 Å². The fourth-order valence-corrected chi connectivity index (χ4v) is 2.36. The summed E-state index contributed by atoms with van der Waals surface area (Å²) in [5.41, 5.74) is 2.01.